The fourth-order valence-electron chi connectivity index (χ4n) is 1.81. The quantitative estimate of drug-likeness (QED) is 0.529. The van der Waals surface area contributed by atoms with Gasteiger partial charge in [-0.05, 0) is 45.6 Å². The molecule has 0 aliphatic carbocycles. The maximum absolute atomic E-state index is 5.25. The van der Waals surface area contributed by atoms with Gasteiger partial charge in [-0.1, -0.05) is 0 Å². The van der Waals surface area contributed by atoms with Crippen molar-refractivity contribution >= 4 is 17.3 Å². The van der Waals surface area contributed by atoms with E-state index in [2.05, 4.69) is 22.6 Å². The molecule has 0 aromatic heterocycles. The standard InChI is InChI=1S/C11H23N3OS/c1-3-15-8-4-6-12-11(16)13-10-5-7-14(2)9-10/h10H,3-9H2,1-2H3,(H2,12,13,16). The van der Waals surface area contributed by atoms with Crippen molar-refractivity contribution in [3.8, 4) is 0 Å². The second-order valence-corrected chi connectivity index (χ2v) is 4.61. The van der Waals surface area contributed by atoms with Crippen LogP contribution in [0.15, 0.2) is 0 Å². The summed E-state index contributed by atoms with van der Waals surface area (Å²) in [5.74, 6) is 0. The maximum atomic E-state index is 5.25. The number of ether oxygens (including phenoxy) is 1. The van der Waals surface area contributed by atoms with Crippen LogP contribution in [-0.4, -0.2) is 55.9 Å². The summed E-state index contributed by atoms with van der Waals surface area (Å²) in [7, 11) is 2.14. The van der Waals surface area contributed by atoms with Gasteiger partial charge in [-0.3, -0.25) is 0 Å². The molecule has 1 atom stereocenters. The summed E-state index contributed by atoms with van der Waals surface area (Å²) in [4.78, 5) is 2.31. The number of thiocarbonyl (C=S) groups is 1. The van der Waals surface area contributed by atoms with Crippen LogP contribution in [-0.2, 0) is 4.74 Å². The second kappa shape index (κ2) is 7.81. The first kappa shape index (κ1) is 13.7. The Morgan fingerprint density at radius 3 is 3.00 bits per heavy atom. The lowest BCUT2D eigenvalue weighted by Gasteiger charge is -2.16. The zero-order chi connectivity index (χ0) is 11.8. The summed E-state index contributed by atoms with van der Waals surface area (Å²) in [6.45, 7) is 6.73. The predicted molar refractivity (Wildman–Crippen MR) is 70.7 cm³/mol. The highest BCUT2D eigenvalue weighted by Gasteiger charge is 2.19. The van der Waals surface area contributed by atoms with E-state index in [-0.39, 0.29) is 0 Å². The topological polar surface area (TPSA) is 36.5 Å². The monoisotopic (exact) mass is 245 g/mol. The number of nitrogens with zero attached hydrogens (tertiary/aromatic N) is 1. The van der Waals surface area contributed by atoms with Crippen LogP contribution in [0.1, 0.15) is 19.8 Å². The molecule has 16 heavy (non-hydrogen) atoms. The van der Waals surface area contributed by atoms with E-state index in [1.54, 1.807) is 0 Å². The Hall–Kier alpha value is -0.390. The van der Waals surface area contributed by atoms with Crippen molar-refractivity contribution in [2.24, 2.45) is 0 Å². The predicted octanol–water partition coefficient (Wildman–Crippen LogP) is 0.581. The molecule has 2 N–H and O–H groups in total. The summed E-state index contributed by atoms with van der Waals surface area (Å²) in [5.41, 5.74) is 0. The van der Waals surface area contributed by atoms with Gasteiger partial charge in [0.1, 0.15) is 0 Å². The number of likely N-dealkylation sites (tertiary alicyclic amines) is 1. The van der Waals surface area contributed by atoms with Gasteiger partial charge in [0, 0.05) is 32.3 Å². The average Bonchev–Trinajstić information content (AvgIpc) is 2.63. The zero-order valence-corrected chi connectivity index (χ0v) is 11.1. The van der Waals surface area contributed by atoms with Gasteiger partial charge in [-0.2, -0.15) is 0 Å². The third kappa shape index (κ3) is 5.63. The van der Waals surface area contributed by atoms with Crippen LogP contribution in [0.2, 0.25) is 0 Å². The lowest BCUT2D eigenvalue weighted by Crippen LogP contribution is -2.43. The number of nitrogens with one attached hydrogen (secondary N) is 2. The van der Waals surface area contributed by atoms with Crippen molar-refractivity contribution in [2.45, 2.75) is 25.8 Å². The second-order valence-electron chi connectivity index (χ2n) is 4.20. The van der Waals surface area contributed by atoms with Gasteiger partial charge in [-0.25, -0.2) is 0 Å². The molecular weight excluding hydrogens is 222 g/mol. The van der Waals surface area contributed by atoms with Crippen molar-refractivity contribution in [2.75, 3.05) is 39.9 Å². The number of hydrogen-bond donors (Lipinski definition) is 2. The van der Waals surface area contributed by atoms with Crippen LogP contribution in [0, 0.1) is 0 Å². The first-order valence-corrected chi connectivity index (χ1v) is 6.44. The molecular formula is C11H23N3OS. The van der Waals surface area contributed by atoms with Gasteiger partial charge in [0.25, 0.3) is 0 Å². The Balaban J connectivity index is 1.98. The van der Waals surface area contributed by atoms with Crippen molar-refractivity contribution in [1.82, 2.24) is 15.5 Å². The fourth-order valence-corrected chi connectivity index (χ4v) is 2.08. The van der Waals surface area contributed by atoms with Crippen molar-refractivity contribution in [3.63, 3.8) is 0 Å². The first-order valence-electron chi connectivity index (χ1n) is 6.03. The van der Waals surface area contributed by atoms with E-state index >= 15 is 0 Å². The van der Waals surface area contributed by atoms with Crippen LogP contribution in [0.3, 0.4) is 0 Å². The van der Waals surface area contributed by atoms with Crippen LogP contribution >= 0.6 is 12.2 Å². The summed E-state index contributed by atoms with van der Waals surface area (Å²) in [6, 6.07) is 0.511. The summed E-state index contributed by atoms with van der Waals surface area (Å²) in [5, 5.41) is 7.32. The van der Waals surface area contributed by atoms with Crippen molar-refractivity contribution in [1.29, 1.82) is 0 Å². The number of rotatable bonds is 6. The Morgan fingerprint density at radius 2 is 2.38 bits per heavy atom. The summed E-state index contributed by atoms with van der Waals surface area (Å²) >= 11 is 5.23. The van der Waals surface area contributed by atoms with Crippen molar-refractivity contribution in [3.05, 3.63) is 0 Å². The minimum Gasteiger partial charge on any atom is -0.382 e. The van der Waals surface area contributed by atoms with E-state index in [9.17, 15) is 0 Å². The van der Waals surface area contributed by atoms with Gasteiger partial charge in [0.15, 0.2) is 5.11 Å². The molecule has 0 spiro atoms. The number of likely N-dealkylation sites (N-methyl/N-ethyl adjacent to an activating group) is 1. The minimum absolute atomic E-state index is 0.511. The lowest BCUT2D eigenvalue weighted by molar-refractivity contribution is 0.145. The highest BCUT2D eigenvalue weighted by molar-refractivity contribution is 7.80. The molecule has 0 aromatic rings. The molecule has 1 fully saturated rings. The van der Waals surface area contributed by atoms with Crippen LogP contribution in [0.4, 0.5) is 0 Å². The van der Waals surface area contributed by atoms with Gasteiger partial charge in [-0.15, -0.1) is 0 Å². The van der Waals surface area contributed by atoms with E-state index in [0.29, 0.717) is 6.04 Å². The highest BCUT2D eigenvalue weighted by atomic mass is 32.1. The Bertz CT molecular complexity index is 213. The van der Waals surface area contributed by atoms with E-state index < -0.39 is 0 Å². The molecule has 1 aliphatic heterocycles. The van der Waals surface area contributed by atoms with Crippen LogP contribution < -0.4 is 10.6 Å². The summed E-state index contributed by atoms with van der Waals surface area (Å²) < 4.78 is 5.25. The Morgan fingerprint density at radius 1 is 1.56 bits per heavy atom. The SMILES string of the molecule is CCOCCCNC(=S)NC1CCN(C)C1. The smallest absolute Gasteiger partial charge is 0.166 e. The van der Waals surface area contributed by atoms with E-state index in [4.69, 9.17) is 17.0 Å². The third-order valence-corrected chi connectivity index (χ3v) is 2.94. The zero-order valence-electron chi connectivity index (χ0n) is 10.3. The largest absolute Gasteiger partial charge is 0.382 e. The van der Waals surface area contributed by atoms with E-state index in [1.165, 1.54) is 6.42 Å². The molecule has 0 amide bonds. The fraction of sp³-hybridized carbons (Fsp3) is 0.909. The van der Waals surface area contributed by atoms with Crippen LogP contribution in [0.25, 0.3) is 0 Å². The van der Waals surface area contributed by atoms with E-state index in [1.807, 2.05) is 6.92 Å². The average molecular weight is 245 g/mol. The Labute approximate surface area is 104 Å². The molecule has 94 valence electrons. The Kier molecular flexibility index (Phi) is 6.68. The molecule has 1 unspecified atom stereocenters. The lowest BCUT2D eigenvalue weighted by atomic mass is 10.3. The molecule has 0 saturated carbocycles. The molecule has 1 rings (SSSR count). The number of hydrogen-bond acceptors (Lipinski definition) is 3. The molecule has 4 nitrogen and oxygen atoms in total. The van der Waals surface area contributed by atoms with Gasteiger partial charge in [0.05, 0.1) is 0 Å². The highest BCUT2D eigenvalue weighted by Crippen LogP contribution is 2.05. The van der Waals surface area contributed by atoms with Gasteiger partial charge < -0.3 is 20.3 Å². The van der Waals surface area contributed by atoms with E-state index in [0.717, 1.165) is 44.4 Å². The molecule has 1 saturated heterocycles. The maximum Gasteiger partial charge on any atom is 0.166 e. The summed E-state index contributed by atoms with van der Waals surface area (Å²) in [6.07, 6.45) is 2.18. The molecule has 0 bridgehead atoms. The van der Waals surface area contributed by atoms with Crippen molar-refractivity contribution < 1.29 is 4.74 Å². The molecule has 1 heterocycles. The molecule has 5 heteroatoms. The third-order valence-electron chi connectivity index (χ3n) is 2.68. The van der Waals surface area contributed by atoms with Gasteiger partial charge in [0.2, 0.25) is 0 Å². The first-order chi connectivity index (χ1) is 7.72. The molecule has 0 aromatic carbocycles. The normalized spacial score (nSPS) is 21.0. The minimum atomic E-state index is 0.511. The van der Waals surface area contributed by atoms with Gasteiger partial charge >= 0.3 is 0 Å². The molecule has 1 aliphatic rings. The molecule has 0 radical (unpaired) electrons. The van der Waals surface area contributed by atoms with Crippen LogP contribution in [0.5, 0.6) is 0 Å².